The van der Waals surface area contributed by atoms with E-state index < -0.39 is 10.0 Å². The fraction of sp³-hybridized carbons (Fsp3) is 0.381. The van der Waals surface area contributed by atoms with E-state index in [4.69, 9.17) is 4.74 Å². The normalized spacial score (nSPS) is 15.9. The highest BCUT2D eigenvalue weighted by atomic mass is 32.2. The molecule has 1 saturated heterocycles. The summed E-state index contributed by atoms with van der Waals surface area (Å²) in [5, 5.41) is 2.89. The Bertz CT molecular complexity index is 874. The average molecular weight is 403 g/mol. The van der Waals surface area contributed by atoms with Crippen LogP contribution in [-0.4, -0.2) is 38.8 Å². The molecule has 2 aromatic carbocycles. The van der Waals surface area contributed by atoms with Crippen molar-refractivity contribution in [1.82, 2.24) is 4.31 Å². The van der Waals surface area contributed by atoms with E-state index in [1.54, 1.807) is 47.8 Å². The van der Waals surface area contributed by atoms with Gasteiger partial charge in [-0.1, -0.05) is 18.2 Å². The first-order valence-electron chi connectivity index (χ1n) is 9.48. The molecule has 0 radical (unpaired) electrons. The minimum absolute atomic E-state index is 0.0236. The molecule has 2 aromatic rings. The molecule has 0 unspecified atom stereocenters. The van der Waals surface area contributed by atoms with Crippen LogP contribution in [0.25, 0.3) is 0 Å². The number of sulfonamides is 1. The Labute approximate surface area is 166 Å². The van der Waals surface area contributed by atoms with Crippen LogP contribution in [0.3, 0.4) is 0 Å². The number of ether oxygens (including phenoxy) is 1. The molecular weight excluding hydrogens is 376 g/mol. The molecule has 0 atom stereocenters. The lowest BCUT2D eigenvalue weighted by Crippen LogP contribution is -2.38. The summed E-state index contributed by atoms with van der Waals surface area (Å²) >= 11 is 0. The number of nitrogens with zero attached hydrogens (tertiary/aromatic N) is 1. The third-order valence-corrected chi connectivity index (χ3v) is 7.02. The first-order chi connectivity index (χ1) is 13.5. The van der Waals surface area contributed by atoms with Gasteiger partial charge in [0.15, 0.2) is 0 Å². The van der Waals surface area contributed by atoms with Gasteiger partial charge in [-0.25, -0.2) is 8.42 Å². The zero-order chi connectivity index (χ0) is 20.0. The molecule has 3 rings (SSSR count). The van der Waals surface area contributed by atoms with Crippen molar-refractivity contribution in [2.24, 2.45) is 5.92 Å². The number of amides is 1. The molecule has 0 aromatic heterocycles. The summed E-state index contributed by atoms with van der Waals surface area (Å²) in [5.74, 6) is 1.09. The number of hydrogen-bond donors (Lipinski definition) is 1. The van der Waals surface area contributed by atoms with Crippen LogP contribution in [0.2, 0.25) is 0 Å². The maximum absolute atomic E-state index is 12.7. The highest BCUT2D eigenvalue weighted by Crippen LogP contribution is 2.26. The Morgan fingerprint density at radius 1 is 1.07 bits per heavy atom. The first-order valence-corrected chi connectivity index (χ1v) is 10.9. The average Bonchev–Trinajstić information content (AvgIpc) is 2.74. The summed E-state index contributed by atoms with van der Waals surface area (Å²) in [6.45, 7) is 1.00. The van der Waals surface area contributed by atoms with Crippen molar-refractivity contribution in [3.05, 3.63) is 54.6 Å². The highest BCUT2D eigenvalue weighted by molar-refractivity contribution is 7.89. The zero-order valence-electron chi connectivity index (χ0n) is 16.0. The third-order valence-electron chi connectivity index (χ3n) is 5.11. The summed E-state index contributed by atoms with van der Waals surface area (Å²) < 4.78 is 32.0. The van der Waals surface area contributed by atoms with E-state index in [-0.39, 0.29) is 5.91 Å². The van der Waals surface area contributed by atoms with Crippen LogP contribution in [0.15, 0.2) is 59.5 Å². The predicted octanol–water partition coefficient (Wildman–Crippen LogP) is 3.51. The molecule has 1 fully saturated rings. The number of piperidine rings is 1. The molecule has 0 spiro atoms. The molecule has 0 saturated carbocycles. The standard InChI is InChI=1S/C21H26N2O4S/c1-27-19-10-8-18(9-11-19)22-21(24)12-7-17-13-15-23(16-14-17)28(25,26)20-5-3-2-4-6-20/h2-6,8-11,17H,7,12-16H2,1H3,(H,22,24). The second kappa shape index (κ2) is 9.21. The van der Waals surface area contributed by atoms with Crippen LogP contribution in [0, 0.1) is 5.92 Å². The van der Waals surface area contributed by atoms with Crippen molar-refractivity contribution in [1.29, 1.82) is 0 Å². The second-order valence-corrected chi connectivity index (χ2v) is 8.91. The maximum atomic E-state index is 12.7. The predicted molar refractivity (Wildman–Crippen MR) is 109 cm³/mol. The van der Waals surface area contributed by atoms with Gasteiger partial charge in [-0.3, -0.25) is 4.79 Å². The van der Waals surface area contributed by atoms with E-state index in [1.165, 1.54) is 0 Å². The topological polar surface area (TPSA) is 75.7 Å². The van der Waals surface area contributed by atoms with Crippen molar-refractivity contribution < 1.29 is 17.9 Å². The fourth-order valence-corrected chi connectivity index (χ4v) is 4.90. The number of nitrogens with one attached hydrogen (secondary N) is 1. The van der Waals surface area contributed by atoms with Crippen LogP contribution in [0.1, 0.15) is 25.7 Å². The van der Waals surface area contributed by atoms with Crippen LogP contribution < -0.4 is 10.1 Å². The molecule has 1 N–H and O–H groups in total. The van der Waals surface area contributed by atoms with E-state index in [9.17, 15) is 13.2 Å². The van der Waals surface area contributed by atoms with Gasteiger partial charge in [0.25, 0.3) is 0 Å². The number of rotatable bonds is 7. The van der Waals surface area contributed by atoms with Crippen LogP contribution in [0.5, 0.6) is 5.75 Å². The first kappa shape index (κ1) is 20.4. The Balaban J connectivity index is 1.44. The van der Waals surface area contributed by atoms with Crippen molar-refractivity contribution in [3.8, 4) is 5.75 Å². The van der Waals surface area contributed by atoms with Crippen LogP contribution >= 0.6 is 0 Å². The number of hydrogen-bond acceptors (Lipinski definition) is 4. The largest absolute Gasteiger partial charge is 0.497 e. The molecular formula is C21H26N2O4S. The Morgan fingerprint density at radius 2 is 1.71 bits per heavy atom. The van der Waals surface area contributed by atoms with Gasteiger partial charge in [-0.05, 0) is 61.6 Å². The number of benzene rings is 2. The van der Waals surface area contributed by atoms with Gasteiger partial charge in [0, 0.05) is 25.2 Å². The molecule has 6 nitrogen and oxygen atoms in total. The monoisotopic (exact) mass is 402 g/mol. The van der Waals surface area contributed by atoms with E-state index in [0.29, 0.717) is 30.3 Å². The lowest BCUT2D eigenvalue weighted by atomic mass is 9.93. The molecule has 7 heteroatoms. The smallest absolute Gasteiger partial charge is 0.243 e. The van der Waals surface area contributed by atoms with Crippen molar-refractivity contribution in [2.45, 2.75) is 30.6 Å². The lowest BCUT2D eigenvalue weighted by Gasteiger charge is -2.31. The van der Waals surface area contributed by atoms with Gasteiger partial charge in [0.05, 0.1) is 12.0 Å². The molecule has 28 heavy (non-hydrogen) atoms. The third kappa shape index (κ3) is 5.11. The molecule has 1 amide bonds. The minimum atomic E-state index is -3.42. The van der Waals surface area contributed by atoms with E-state index >= 15 is 0 Å². The molecule has 150 valence electrons. The molecule has 0 aliphatic carbocycles. The lowest BCUT2D eigenvalue weighted by molar-refractivity contribution is -0.116. The summed E-state index contributed by atoms with van der Waals surface area (Å²) in [6, 6.07) is 15.8. The van der Waals surface area contributed by atoms with E-state index in [2.05, 4.69) is 5.32 Å². The van der Waals surface area contributed by atoms with E-state index in [1.807, 2.05) is 18.2 Å². The summed E-state index contributed by atoms with van der Waals surface area (Å²) in [7, 11) is -1.82. The number of anilines is 1. The summed E-state index contributed by atoms with van der Waals surface area (Å²) in [6.07, 6.45) is 2.76. The Hall–Kier alpha value is -2.38. The Morgan fingerprint density at radius 3 is 2.32 bits per heavy atom. The minimum Gasteiger partial charge on any atom is -0.497 e. The van der Waals surface area contributed by atoms with Crippen molar-refractivity contribution in [2.75, 3.05) is 25.5 Å². The van der Waals surface area contributed by atoms with Gasteiger partial charge in [0.1, 0.15) is 5.75 Å². The summed E-state index contributed by atoms with van der Waals surface area (Å²) in [5.41, 5.74) is 0.745. The highest BCUT2D eigenvalue weighted by Gasteiger charge is 2.29. The van der Waals surface area contributed by atoms with Crippen molar-refractivity contribution >= 4 is 21.6 Å². The quantitative estimate of drug-likeness (QED) is 0.769. The number of carbonyl (C=O) groups is 1. The molecule has 1 aliphatic heterocycles. The maximum Gasteiger partial charge on any atom is 0.243 e. The van der Waals surface area contributed by atoms with Gasteiger partial charge in [-0.15, -0.1) is 0 Å². The van der Waals surface area contributed by atoms with Gasteiger partial charge >= 0.3 is 0 Å². The second-order valence-electron chi connectivity index (χ2n) is 6.98. The SMILES string of the molecule is COc1ccc(NC(=O)CCC2CCN(S(=O)(=O)c3ccccc3)CC2)cc1. The van der Waals surface area contributed by atoms with Crippen molar-refractivity contribution in [3.63, 3.8) is 0 Å². The number of methoxy groups -OCH3 is 1. The molecule has 1 aliphatic rings. The van der Waals surface area contributed by atoms with Gasteiger partial charge < -0.3 is 10.1 Å². The molecule has 1 heterocycles. The number of carbonyl (C=O) groups excluding carboxylic acids is 1. The zero-order valence-corrected chi connectivity index (χ0v) is 16.8. The Kier molecular flexibility index (Phi) is 6.70. The fourth-order valence-electron chi connectivity index (χ4n) is 3.41. The molecule has 0 bridgehead atoms. The van der Waals surface area contributed by atoms with Gasteiger partial charge in [-0.2, -0.15) is 4.31 Å². The van der Waals surface area contributed by atoms with Crippen LogP contribution in [0.4, 0.5) is 5.69 Å². The van der Waals surface area contributed by atoms with Gasteiger partial charge in [0.2, 0.25) is 15.9 Å². The van der Waals surface area contributed by atoms with E-state index in [0.717, 1.165) is 30.7 Å². The van der Waals surface area contributed by atoms with Crippen LogP contribution in [-0.2, 0) is 14.8 Å². The summed E-state index contributed by atoms with van der Waals surface area (Å²) in [4.78, 5) is 12.5.